The van der Waals surface area contributed by atoms with Crippen LogP contribution in [0.2, 0.25) is 0 Å². The molecule has 0 unspecified atom stereocenters. The molecule has 2 amide bonds. The zero-order chi connectivity index (χ0) is 12.8. The normalized spacial score (nSPS) is 10.1. The van der Waals surface area contributed by atoms with Crippen LogP contribution in [0.5, 0.6) is 0 Å². The summed E-state index contributed by atoms with van der Waals surface area (Å²) in [6, 6.07) is 5.09. The van der Waals surface area contributed by atoms with E-state index >= 15 is 0 Å². The number of benzene rings is 1. The minimum absolute atomic E-state index is 0.280. The van der Waals surface area contributed by atoms with Crippen LogP contribution in [0.1, 0.15) is 23.7 Å². The number of nitrogens with zero attached hydrogens (tertiary/aromatic N) is 1. The van der Waals surface area contributed by atoms with Crippen LogP contribution < -0.4 is 5.73 Å². The van der Waals surface area contributed by atoms with Crippen molar-refractivity contribution >= 4 is 11.8 Å². The van der Waals surface area contributed by atoms with Crippen LogP contribution in [-0.4, -0.2) is 29.8 Å². The SMILES string of the molecule is CC(=O)N(CCCN)C(=O)c1ccc(F)cc1. The van der Waals surface area contributed by atoms with Crippen molar-refractivity contribution in [3.05, 3.63) is 35.6 Å². The Morgan fingerprint density at radius 2 is 1.88 bits per heavy atom. The predicted molar refractivity (Wildman–Crippen MR) is 61.8 cm³/mol. The highest BCUT2D eigenvalue weighted by Crippen LogP contribution is 2.07. The third kappa shape index (κ3) is 3.64. The lowest BCUT2D eigenvalue weighted by Crippen LogP contribution is -2.36. The maximum absolute atomic E-state index is 12.7. The second-order valence-electron chi connectivity index (χ2n) is 3.62. The second-order valence-corrected chi connectivity index (χ2v) is 3.62. The van der Waals surface area contributed by atoms with E-state index in [2.05, 4.69) is 0 Å². The van der Waals surface area contributed by atoms with Gasteiger partial charge >= 0.3 is 0 Å². The van der Waals surface area contributed by atoms with Crippen LogP contribution in [0.15, 0.2) is 24.3 Å². The van der Waals surface area contributed by atoms with Crippen molar-refractivity contribution in [1.29, 1.82) is 0 Å². The van der Waals surface area contributed by atoms with Crippen LogP contribution in [0.25, 0.3) is 0 Å². The summed E-state index contributed by atoms with van der Waals surface area (Å²) in [7, 11) is 0. The Labute approximate surface area is 99.2 Å². The van der Waals surface area contributed by atoms with Crippen molar-refractivity contribution in [3.63, 3.8) is 0 Å². The molecule has 0 aliphatic rings. The fraction of sp³-hybridized carbons (Fsp3) is 0.333. The van der Waals surface area contributed by atoms with Gasteiger partial charge in [-0.1, -0.05) is 0 Å². The summed E-state index contributed by atoms with van der Waals surface area (Å²) in [4.78, 5) is 24.4. The zero-order valence-electron chi connectivity index (χ0n) is 9.65. The molecule has 0 radical (unpaired) electrons. The minimum atomic E-state index is -0.425. The van der Waals surface area contributed by atoms with Crippen molar-refractivity contribution in [2.24, 2.45) is 5.73 Å². The van der Waals surface area contributed by atoms with Gasteiger partial charge in [0.25, 0.3) is 5.91 Å². The highest BCUT2D eigenvalue weighted by Gasteiger charge is 2.18. The topological polar surface area (TPSA) is 63.4 Å². The third-order valence-corrected chi connectivity index (χ3v) is 2.30. The maximum atomic E-state index is 12.7. The first-order chi connectivity index (χ1) is 8.06. The van der Waals surface area contributed by atoms with Gasteiger partial charge in [-0.15, -0.1) is 0 Å². The Morgan fingerprint density at radius 1 is 1.29 bits per heavy atom. The van der Waals surface area contributed by atoms with Gasteiger partial charge in [-0.3, -0.25) is 14.5 Å². The Bertz CT molecular complexity index is 403. The van der Waals surface area contributed by atoms with Crippen molar-refractivity contribution in [3.8, 4) is 0 Å². The fourth-order valence-electron chi connectivity index (χ4n) is 1.40. The molecule has 17 heavy (non-hydrogen) atoms. The third-order valence-electron chi connectivity index (χ3n) is 2.30. The van der Waals surface area contributed by atoms with Crippen molar-refractivity contribution in [2.75, 3.05) is 13.1 Å². The van der Waals surface area contributed by atoms with E-state index in [9.17, 15) is 14.0 Å². The Kier molecular flexibility index (Phi) is 4.78. The molecule has 0 aliphatic heterocycles. The molecule has 0 spiro atoms. The quantitative estimate of drug-likeness (QED) is 0.856. The molecule has 4 nitrogen and oxygen atoms in total. The molecule has 5 heteroatoms. The largest absolute Gasteiger partial charge is 0.330 e. The van der Waals surface area contributed by atoms with Gasteiger partial charge in [0.05, 0.1) is 0 Å². The molecule has 0 saturated carbocycles. The smallest absolute Gasteiger partial charge is 0.260 e. The number of hydrogen-bond acceptors (Lipinski definition) is 3. The first-order valence-corrected chi connectivity index (χ1v) is 5.34. The van der Waals surface area contributed by atoms with E-state index in [4.69, 9.17) is 5.73 Å². The van der Waals surface area contributed by atoms with Crippen LogP contribution in [-0.2, 0) is 4.79 Å². The molecule has 0 heterocycles. The number of rotatable bonds is 4. The average molecular weight is 238 g/mol. The molecule has 0 bridgehead atoms. The first-order valence-electron chi connectivity index (χ1n) is 5.34. The van der Waals surface area contributed by atoms with Gasteiger partial charge in [-0.2, -0.15) is 0 Å². The fourth-order valence-corrected chi connectivity index (χ4v) is 1.40. The van der Waals surface area contributed by atoms with E-state index < -0.39 is 11.7 Å². The standard InChI is InChI=1S/C12H15FN2O2/c1-9(16)15(8-2-7-14)12(17)10-3-5-11(13)6-4-10/h3-6H,2,7-8,14H2,1H3. The van der Waals surface area contributed by atoms with Gasteiger partial charge in [-0.25, -0.2) is 4.39 Å². The highest BCUT2D eigenvalue weighted by molar-refractivity contribution is 6.04. The molecule has 0 aromatic heterocycles. The molecule has 1 aromatic carbocycles. The van der Waals surface area contributed by atoms with E-state index in [-0.39, 0.29) is 12.5 Å². The summed E-state index contributed by atoms with van der Waals surface area (Å²) in [5, 5.41) is 0. The van der Waals surface area contributed by atoms with E-state index in [1.165, 1.54) is 31.2 Å². The average Bonchev–Trinajstić information content (AvgIpc) is 2.29. The number of halogens is 1. The summed E-state index contributed by atoms with van der Waals surface area (Å²) >= 11 is 0. The van der Waals surface area contributed by atoms with Crippen molar-refractivity contribution in [1.82, 2.24) is 4.90 Å². The molecule has 0 saturated heterocycles. The molecule has 1 aromatic rings. The van der Waals surface area contributed by atoms with Gasteiger partial charge in [0.15, 0.2) is 0 Å². The Morgan fingerprint density at radius 3 is 2.35 bits per heavy atom. The van der Waals surface area contributed by atoms with Crippen LogP contribution >= 0.6 is 0 Å². The van der Waals surface area contributed by atoms with E-state index in [1.54, 1.807) is 0 Å². The summed E-state index contributed by atoms with van der Waals surface area (Å²) in [5.74, 6) is -1.18. The van der Waals surface area contributed by atoms with Crippen LogP contribution in [0.3, 0.4) is 0 Å². The van der Waals surface area contributed by atoms with E-state index in [0.717, 1.165) is 4.90 Å². The van der Waals surface area contributed by atoms with Crippen LogP contribution in [0, 0.1) is 5.82 Å². The van der Waals surface area contributed by atoms with Gasteiger partial charge in [-0.05, 0) is 37.2 Å². The maximum Gasteiger partial charge on any atom is 0.260 e. The molecular weight excluding hydrogens is 223 g/mol. The first kappa shape index (κ1) is 13.3. The molecular formula is C12H15FN2O2. The molecule has 0 fully saturated rings. The molecule has 1 rings (SSSR count). The molecule has 92 valence electrons. The van der Waals surface area contributed by atoms with Crippen LogP contribution in [0.4, 0.5) is 4.39 Å². The molecule has 2 N–H and O–H groups in total. The van der Waals surface area contributed by atoms with E-state index in [0.29, 0.717) is 18.5 Å². The van der Waals surface area contributed by atoms with Gasteiger partial charge in [0.2, 0.25) is 5.91 Å². The summed E-state index contributed by atoms with van der Waals surface area (Å²) in [6.07, 6.45) is 0.548. The number of carbonyl (C=O) groups excluding carboxylic acids is 2. The summed E-state index contributed by atoms with van der Waals surface area (Å²) < 4.78 is 12.7. The Hall–Kier alpha value is -1.75. The van der Waals surface area contributed by atoms with Crippen molar-refractivity contribution in [2.45, 2.75) is 13.3 Å². The predicted octanol–water partition coefficient (Wildman–Crippen LogP) is 1.16. The summed E-state index contributed by atoms with van der Waals surface area (Å²) in [5.41, 5.74) is 5.63. The number of nitrogens with two attached hydrogens (primary N) is 1. The minimum Gasteiger partial charge on any atom is -0.330 e. The lowest BCUT2D eigenvalue weighted by Gasteiger charge is -2.18. The second kappa shape index (κ2) is 6.10. The number of imide groups is 1. The van der Waals surface area contributed by atoms with Gasteiger partial charge in [0, 0.05) is 19.0 Å². The number of carbonyl (C=O) groups is 2. The molecule has 0 atom stereocenters. The summed E-state index contributed by atoms with van der Waals surface area (Å²) in [6.45, 7) is 2.00. The lowest BCUT2D eigenvalue weighted by molar-refractivity contribution is -0.126. The zero-order valence-corrected chi connectivity index (χ0v) is 9.65. The van der Waals surface area contributed by atoms with E-state index in [1.807, 2.05) is 0 Å². The number of hydrogen-bond donors (Lipinski definition) is 1. The monoisotopic (exact) mass is 238 g/mol. The van der Waals surface area contributed by atoms with Crippen molar-refractivity contribution < 1.29 is 14.0 Å². The number of amides is 2. The lowest BCUT2D eigenvalue weighted by atomic mass is 10.2. The Balaban J connectivity index is 2.84. The molecule has 0 aliphatic carbocycles. The van der Waals surface area contributed by atoms with Gasteiger partial charge in [0.1, 0.15) is 5.82 Å². The highest BCUT2D eigenvalue weighted by atomic mass is 19.1. The van der Waals surface area contributed by atoms with Gasteiger partial charge < -0.3 is 5.73 Å².